The minimum absolute atomic E-state index is 0.00979. The van der Waals surface area contributed by atoms with Crippen molar-refractivity contribution in [2.24, 2.45) is 5.73 Å². The molecule has 45 heavy (non-hydrogen) atoms. The van der Waals surface area contributed by atoms with E-state index in [1.54, 1.807) is 0 Å². The Balaban J connectivity index is 4.11. The Morgan fingerprint density at radius 2 is 1.09 bits per heavy atom. The number of nitrogens with one attached hydrogen (secondary N) is 1. The maximum atomic E-state index is 12.6. The van der Waals surface area contributed by atoms with E-state index >= 15 is 0 Å². The summed E-state index contributed by atoms with van der Waals surface area (Å²) in [6.07, 6.45) is 34.0. The highest BCUT2D eigenvalue weighted by Crippen LogP contribution is 2.18. The van der Waals surface area contributed by atoms with Gasteiger partial charge in [0.1, 0.15) is 12.1 Å². The van der Waals surface area contributed by atoms with Gasteiger partial charge >= 0.3 is 11.9 Å². The number of unbranched alkanes of at least 4 members (excludes halogenated alkanes) is 18. The van der Waals surface area contributed by atoms with E-state index in [4.69, 9.17) is 10.5 Å². The molecular weight excluding hydrogens is 564 g/mol. The quantitative estimate of drug-likeness (QED) is 0.0367. The highest BCUT2D eigenvalue weighted by Gasteiger charge is 2.19. The van der Waals surface area contributed by atoms with Gasteiger partial charge in [0.2, 0.25) is 5.91 Å². The molecule has 0 radical (unpaired) electrons. The summed E-state index contributed by atoms with van der Waals surface area (Å²) in [7, 11) is 0. The van der Waals surface area contributed by atoms with Crippen LogP contribution in [0.15, 0.2) is 12.2 Å². The first-order chi connectivity index (χ1) is 21.9. The number of carboxylic acid groups (broad SMARTS) is 1. The van der Waals surface area contributed by atoms with E-state index in [9.17, 15) is 19.5 Å². The lowest BCUT2D eigenvalue weighted by Crippen LogP contribution is -2.40. The van der Waals surface area contributed by atoms with Gasteiger partial charge in [0.05, 0.1) is 0 Å². The summed E-state index contributed by atoms with van der Waals surface area (Å²) in [5.74, 6) is -1.27. The third-order valence-corrected chi connectivity index (χ3v) is 8.58. The number of hydrogen-bond acceptors (Lipinski definition) is 5. The Hall–Kier alpha value is -1.89. The molecule has 2 unspecified atom stereocenters. The average Bonchev–Trinajstić information content (AvgIpc) is 3.02. The van der Waals surface area contributed by atoms with Crippen LogP contribution in [-0.2, 0) is 19.1 Å². The first-order valence-electron chi connectivity index (χ1n) is 19.0. The molecule has 264 valence electrons. The number of carboxylic acids is 1. The molecule has 2 atom stereocenters. The van der Waals surface area contributed by atoms with Crippen LogP contribution in [0.5, 0.6) is 0 Å². The molecule has 4 N–H and O–H groups in total. The Morgan fingerprint density at radius 3 is 1.60 bits per heavy atom. The van der Waals surface area contributed by atoms with Crippen molar-refractivity contribution in [3.8, 4) is 0 Å². The van der Waals surface area contributed by atoms with Crippen LogP contribution in [0.4, 0.5) is 0 Å². The fourth-order valence-electron chi connectivity index (χ4n) is 5.68. The molecule has 0 spiro atoms. The maximum Gasteiger partial charge on any atom is 0.326 e. The first-order valence-corrected chi connectivity index (χ1v) is 19.0. The van der Waals surface area contributed by atoms with Crippen molar-refractivity contribution in [2.45, 2.75) is 206 Å². The van der Waals surface area contributed by atoms with Crippen molar-refractivity contribution in [1.82, 2.24) is 5.32 Å². The molecule has 0 aromatic heterocycles. The van der Waals surface area contributed by atoms with Gasteiger partial charge in [-0.05, 0) is 83.6 Å². The Kier molecular flexibility index (Phi) is 32.1. The maximum absolute atomic E-state index is 12.6. The van der Waals surface area contributed by atoms with E-state index < -0.39 is 12.0 Å². The number of nitrogens with two attached hydrogens (primary N) is 1. The summed E-state index contributed by atoms with van der Waals surface area (Å²) in [4.78, 5) is 36.1. The zero-order valence-corrected chi connectivity index (χ0v) is 29.5. The minimum atomic E-state index is -1.01. The highest BCUT2D eigenvalue weighted by molar-refractivity contribution is 5.83. The minimum Gasteiger partial charge on any atom is -0.480 e. The van der Waals surface area contributed by atoms with Crippen LogP contribution >= 0.6 is 0 Å². The second-order valence-electron chi connectivity index (χ2n) is 13.0. The standard InChI is InChI=1S/C38H72N2O5/c1-3-5-7-9-10-11-12-13-14-15-16-17-18-20-26-32-37(42)45-34(28-23-19-8-6-4-2)29-24-21-22-25-31-36(41)40-35(38(43)44)30-27-33-39/h13-14,34-35H,3-12,15-33,39H2,1-2H3,(H,40,41)(H,43,44)/b14-13-. The highest BCUT2D eigenvalue weighted by atomic mass is 16.5. The number of ether oxygens (including phenoxy) is 1. The van der Waals surface area contributed by atoms with Crippen molar-refractivity contribution < 1.29 is 24.2 Å². The molecular formula is C38H72N2O5. The predicted molar refractivity (Wildman–Crippen MR) is 188 cm³/mol. The van der Waals surface area contributed by atoms with Crippen LogP contribution in [0, 0.1) is 0 Å². The van der Waals surface area contributed by atoms with E-state index in [1.807, 2.05) is 0 Å². The molecule has 0 bridgehead atoms. The van der Waals surface area contributed by atoms with E-state index in [0.717, 1.165) is 57.8 Å². The fraction of sp³-hybridized carbons (Fsp3) is 0.868. The molecule has 0 aromatic carbocycles. The topological polar surface area (TPSA) is 119 Å². The molecule has 0 aliphatic rings. The predicted octanol–water partition coefficient (Wildman–Crippen LogP) is 9.95. The summed E-state index contributed by atoms with van der Waals surface area (Å²) in [5.41, 5.74) is 5.46. The van der Waals surface area contributed by atoms with Crippen LogP contribution in [0.25, 0.3) is 0 Å². The van der Waals surface area contributed by atoms with Gasteiger partial charge in [-0.25, -0.2) is 4.79 Å². The number of aliphatic carboxylic acids is 1. The van der Waals surface area contributed by atoms with E-state index in [0.29, 0.717) is 32.2 Å². The third kappa shape index (κ3) is 30.5. The Labute approximate surface area is 277 Å². The summed E-state index contributed by atoms with van der Waals surface area (Å²) >= 11 is 0. The zero-order chi connectivity index (χ0) is 33.2. The van der Waals surface area contributed by atoms with Crippen molar-refractivity contribution in [1.29, 1.82) is 0 Å². The van der Waals surface area contributed by atoms with E-state index in [1.165, 1.54) is 96.3 Å². The molecule has 1 amide bonds. The average molecular weight is 637 g/mol. The lowest BCUT2D eigenvalue weighted by molar-refractivity contribution is -0.150. The SMILES string of the molecule is CCCCCCCC/C=C\CCCCCCCC(=O)OC(CCCCCCC)CCCCCCC(=O)NC(CCCN)C(=O)O. The summed E-state index contributed by atoms with van der Waals surface area (Å²) in [6.45, 7) is 4.89. The fourth-order valence-corrected chi connectivity index (χ4v) is 5.68. The number of carbonyl (C=O) groups excluding carboxylic acids is 2. The van der Waals surface area contributed by atoms with Crippen molar-refractivity contribution in [3.63, 3.8) is 0 Å². The summed E-state index contributed by atoms with van der Waals surface area (Å²) in [6, 6.07) is -0.861. The molecule has 0 saturated carbocycles. The number of allylic oxidation sites excluding steroid dienone is 2. The number of carbonyl (C=O) groups is 3. The lowest BCUT2D eigenvalue weighted by Gasteiger charge is -2.18. The van der Waals surface area contributed by atoms with Crippen molar-refractivity contribution in [2.75, 3.05) is 6.54 Å². The molecule has 0 fully saturated rings. The number of esters is 1. The smallest absolute Gasteiger partial charge is 0.326 e. The lowest BCUT2D eigenvalue weighted by atomic mass is 10.0. The molecule has 0 heterocycles. The summed E-state index contributed by atoms with van der Waals surface area (Å²) in [5, 5.41) is 11.9. The van der Waals surface area contributed by atoms with E-state index in [-0.39, 0.29) is 18.0 Å². The van der Waals surface area contributed by atoms with Crippen LogP contribution in [0.2, 0.25) is 0 Å². The van der Waals surface area contributed by atoms with Gasteiger partial charge in [-0.3, -0.25) is 9.59 Å². The zero-order valence-electron chi connectivity index (χ0n) is 29.5. The number of rotatable bonds is 34. The molecule has 7 nitrogen and oxygen atoms in total. The van der Waals surface area contributed by atoms with Crippen LogP contribution < -0.4 is 11.1 Å². The largest absolute Gasteiger partial charge is 0.480 e. The molecule has 0 saturated heterocycles. The first kappa shape index (κ1) is 43.1. The van der Waals surface area contributed by atoms with Gasteiger partial charge in [-0.1, -0.05) is 116 Å². The molecule has 7 heteroatoms. The van der Waals surface area contributed by atoms with Crippen LogP contribution in [-0.4, -0.2) is 41.6 Å². The van der Waals surface area contributed by atoms with Crippen molar-refractivity contribution in [3.05, 3.63) is 12.2 Å². The van der Waals surface area contributed by atoms with Crippen LogP contribution in [0.1, 0.15) is 194 Å². The monoisotopic (exact) mass is 637 g/mol. The number of amides is 1. The van der Waals surface area contributed by atoms with Crippen molar-refractivity contribution >= 4 is 17.8 Å². The summed E-state index contributed by atoms with van der Waals surface area (Å²) < 4.78 is 5.94. The Bertz CT molecular complexity index is 727. The van der Waals surface area contributed by atoms with Gasteiger partial charge in [0.15, 0.2) is 0 Å². The third-order valence-electron chi connectivity index (χ3n) is 8.58. The van der Waals surface area contributed by atoms with E-state index in [2.05, 4.69) is 31.3 Å². The molecule has 0 aromatic rings. The number of hydrogen-bond donors (Lipinski definition) is 3. The molecule has 0 rings (SSSR count). The van der Waals surface area contributed by atoms with Gasteiger partial charge in [-0.15, -0.1) is 0 Å². The normalized spacial score (nSPS) is 12.8. The van der Waals surface area contributed by atoms with Gasteiger partial charge in [0.25, 0.3) is 0 Å². The van der Waals surface area contributed by atoms with Gasteiger partial charge in [-0.2, -0.15) is 0 Å². The molecule has 0 aliphatic heterocycles. The van der Waals surface area contributed by atoms with Gasteiger partial charge < -0.3 is 20.9 Å². The Morgan fingerprint density at radius 1 is 0.622 bits per heavy atom. The second kappa shape index (κ2) is 33.5. The second-order valence-corrected chi connectivity index (χ2v) is 13.0. The molecule has 0 aliphatic carbocycles. The van der Waals surface area contributed by atoms with Gasteiger partial charge in [0, 0.05) is 12.8 Å². The van der Waals surface area contributed by atoms with Crippen LogP contribution in [0.3, 0.4) is 0 Å².